The smallest absolute Gasteiger partial charge is 0.0547 e. The molecule has 11 rings (SSSR count). The Morgan fingerprint density at radius 3 is 1.27 bits per heavy atom. The van der Waals surface area contributed by atoms with Crippen LogP contribution in [0.3, 0.4) is 0 Å². The van der Waals surface area contributed by atoms with Crippen LogP contribution in [0.15, 0.2) is 224 Å². The van der Waals surface area contributed by atoms with Crippen molar-refractivity contribution in [2.45, 2.75) is 150 Å². The Morgan fingerprint density at radius 1 is 0.318 bits per heavy atom. The molecule has 0 saturated carbocycles. The van der Waals surface area contributed by atoms with Gasteiger partial charge in [-0.1, -0.05) is 265 Å². The van der Waals surface area contributed by atoms with Crippen LogP contribution in [0.4, 0.5) is 17.1 Å². The molecule has 2 nitrogen and oxygen atoms in total. The molecular weight excluding hydrogens is 1020 g/mol. The normalized spacial score (nSPS) is 11.9. The molecule has 2 heteroatoms. The van der Waals surface area contributed by atoms with Gasteiger partial charge in [0.1, 0.15) is 0 Å². The molecule has 1 heterocycles. The second-order valence-electron chi connectivity index (χ2n) is 26.0. The van der Waals surface area contributed by atoms with E-state index in [2.05, 4.69) is 296 Å². The number of hydrogen-bond acceptors (Lipinski definition) is 1. The van der Waals surface area contributed by atoms with Crippen molar-refractivity contribution in [1.29, 1.82) is 0 Å². The van der Waals surface area contributed by atoms with Gasteiger partial charge in [0.25, 0.3) is 0 Å². The van der Waals surface area contributed by atoms with E-state index in [4.69, 9.17) is 0 Å². The lowest BCUT2D eigenvalue weighted by molar-refractivity contribution is 0.590. The lowest BCUT2D eigenvalue weighted by atomic mass is 9.86. The number of aryl methyl sites for hydroxylation is 3. The summed E-state index contributed by atoms with van der Waals surface area (Å²) in [5, 5.41) is 2.54. The molecule has 0 saturated heterocycles. The van der Waals surface area contributed by atoms with Crippen LogP contribution < -0.4 is 4.90 Å². The molecule has 430 valence electrons. The number of benzene rings is 10. The fraction of sp³-hybridized carbons (Fsp3) is 0.277. The van der Waals surface area contributed by atoms with Crippen LogP contribution >= 0.6 is 0 Å². The molecule has 0 amide bonds. The molecule has 11 aromatic rings. The highest BCUT2D eigenvalue weighted by Crippen LogP contribution is 2.43. The fourth-order valence-electron chi connectivity index (χ4n) is 12.7. The third-order valence-corrected chi connectivity index (χ3v) is 17.7. The summed E-state index contributed by atoms with van der Waals surface area (Å²) in [5.74, 6) is 0. The largest absolute Gasteiger partial charge is 0.311 e. The number of rotatable bonds is 21. The third-order valence-electron chi connectivity index (χ3n) is 17.7. The summed E-state index contributed by atoms with van der Waals surface area (Å²) in [6, 6.07) is 85.8. The lowest BCUT2D eigenvalue weighted by Gasteiger charge is -2.27. The monoisotopic (exact) mass is 1110 g/mol. The van der Waals surface area contributed by atoms with Gasteiger partial charge in [-0.25, -0.2) is 0 Å². The molecule has 0 unspecified atom stereocenters. The maximum absolute atomic E-state index is 2.60. The first kappa shape index (κ1) is 58.6. The average Bonchev–Trinajstić information content (AvgIpc) is 3.27. The highest BCUT2D eigenvalue weighted by atomic mass is 15.1. The molecule has 1 aromatic heterocycles. The summed E-state index contributed by atoms with van der Waals surface area (Å²) in [5.41, 5.74) is 26.9. The zero-order valence-electron chi connectivity index (χ0n) is 52.2. The van der Waals surface area contributed by atoms with Crippen molar-refractivity contribution in [1.82, 2.24) is 4.57 Å². The van der Waals surface area contributed by atoms with Gasteiger partial charge < -0.3 is 9.47 Å². The second kappa shape index (κ2) is 26.0. The van der Waals surface area contributed by atoms with Gasteiger partial charge in [-0.3, -0.25) is 0 Å². The Hall–Kier alpha value is -8.20. The average molecular weight is 1110 g/mol. The van der Waals surface area contributed by atoms with Gasteiger partial charge in [0.05, 0.1) is 11.0 Å². The zero-order valence-corrected chi connectivity index (χ0v) is 52.2. The van der Waals surface area contributed by atoms with E-state index in [9.17, 15) is 0 Å². The van der Waals surface area contributed by atoms with Crippen molar-refractivity contribution in [3.63, 3.8) is 0 Å². The van der Waals surface area contributed by atoms with E-state index < -0.39 is 0 Å². The first-order valence-electron chi connectivity index (χ1n) is 32.0. The van der Waals surface area contributed by atoms with Crippen molar-refractivity contribution in [2.75, 3.05) is 4.90 Å². The van der Waals surface area contributed by atoms with Crippen LogP contribution in [0.5, 0.6) is 0 Å². The number of fused-ring (bicyclic) bond motifs is 3. The summed E-state index contributed by atoms with van der Waals surface area (Å²) in [6.45, 7) is 20.6. The van der Waals surface area contributed by atoms with Crippen LogP contribution in [0.2, 0.25) is 0 Å². The minimum atomic E-state index is 0.0609. The quantitative estimate of drug-likeness (QED) is 0.0651. The maximum Gasteiger partial charge on any atom is 0.0547 e. The molecule has 85 heavy (non-hydrogen) atoms. The summed E-state index contributed by atoms with van der Waals surface area (Å²) in [4.78, 5) is 2.43. The zero-order chi connectivity index (χ0) is 59.1. The first-order chi connectivity index (χ1) is 41.3. The second-order valence-corrected chi connectivity index (χ2v) is 26.0. The predicted molar refractivity (Wildman–Crippen MR) is 370 cm³/mol. The molecule has 0 aliphatic carbocycles. The van der Waals surface area contributed by atoms with Gasteiger partial charge in [-0.2, -0.15) is 0 Å². The van der Waals surface area contributed by atoms with E-state index in [-0.39, 0.29) is 10.8 Å². The number of nitrogens with zero attached hydrogens (tertiary/aromatic N) is 2. The van der Waals surface area contributed by atoms with Gasteiger partial charge in [-0.15, -0.1) is 0 Å². The molecule has 0 fully saturated rings. The molecule has 0 atom stereocenters. The summed E-state index contributed by atoms with van der Waals surface area (Å²) < 4.78 is 2.51. The van der Waals surface area contributed by atoms with Gasteiger partial charge in [-0.05, 0) is 193 Å². The molecule has 0 aliphatic rings. The van der Waals surface area contributed by atoms with E-state index in [1.165, 1.54) is 156 Å². The van der Waals surface area contributed by atoms with Crippen molar-refractivity contribution >= 4 is 38.9 Å². The van der Waals surface area contributed by atoms with Gasteiger partial charge in [0.2, 0.25) is 0 Å². The first-order valence-corrected chi connectivity index (χ1v) is 32.0. The van der Waals surface area contributed by atoms with Gasteiger partial charge in [0.15, 0.2) is 0 Å². The van der Waals surface area contributed by atoms with Crippen LogP contribution in [-0.4, -0.2) is 4.57 Å². The molecule has 10 aromatic carbocycles. The standard InChI is InChI=1S/C83H88N2/c1-10-13-15-18-25-67-57-78(69-39-53-76-79-55-66(60-23-20-17-21-24-60)40-54-80(79)85(81(76)58-69)75-47-35-64(36-48-75)62-31-41-70(42-32-62)82(4,5)6)68(26-19-16-14-11-2)56-77(67)65-37-49-73(50-38-65)84(74-51-43-71(44-52-74)83(7,8)9)72-45-33-63(34-46-72)61-29-27-59(22-12-3)28-30-61/h17,20-21,23-24,27-58H,10-16,18-19,22,25-26H2,1-9H3. The van der Waals surface area contributed by atoms with Gasteiger partial charge in [0, 0.05) is 33.5 Å². The fourth-order valence-corrected chi connectivity index (χ4v) is 12.7. The van der Waals surface area contributed by atoms with Crippen molar-refractivity contribution < 1.29 is 0 Å². The SMILES string of the molecule is CCCCCCc1cc(-c2ccc3c4cc(-c5ccccc5)ccc4n(-c4ccc(-c5ccc(C(C)(C)C)cc5)cc4)c3c2)c(CCCCCC)cc1-c1ccc(N(c2ccc(-c3ccc(CCC)cc3)cc2)c2ccc(C(C)(C)C)cc2)cc1. The molecule has 0 radical (unpaired) electrons. The van der Waals surface area contributed by atoms with Crippen LogP contribution in [-0.2, 0) is 30.1 Å². The highest BCUT2D eigenvalue weighted by molar-refractivity contribution is 6.11. The van der Waals surface area contributed by atoms with E-state index in [1.54, 1.807) is 0 Å². The minimum Gasteiger partial charge on any atom is -0.311 e. The van der Waals surface area contributed by atoms with Gasteiger partial charge >= 0.3 is 0 Å². The Kier molecular flexibility index (Phi) is 17.9. The Labute approximate surface area is 509 Å². The Bertz CT molecular complexity index is 3980. The molecule has 0 spiro atoms. The maximum atomic E-state index is 2.60. The number of anilines is 3. The van der Waals surface area contributed by atoms with Crippen LogP contribution in [0.25, 0.3) is 83.1 Å². The number of hydrogen-bond donors (Lipinski definition) is 0. The van der Waals surface area contributed by atoms with E-state index >= 15 is 0 Å². The van der Waals surface area contributed by atoms with E-state index in [1.807, 2.05) is 0 Å². The van der Waals surface area contributed by atoms with Crippen molar-refractivity contribution in [3.05, 3.63) is 252 Å². The number of unbranched alkanes of at least 4 members (excludes halogenated alkanes) is 6. The van der Waals surface area contributed by atoms with E-state index in [0.29, 0.717) is 0 Å². The predicted octanol–water partition coefficient (Wildman–Crippen LogP) is 24.4. The van der Waals surface area contributed by atoms with Crippen molar-refractivity contribution in [2.24, 2.45) is 0 Å². The van der Waals surface area contributed by atoms with E-state index in [0.717, 1.165) is 49.2 Å². The lowest BCUT2D eigenvalue weighted by Crippen LogP contribution is -2.13. The highest BCUT2D eigenvalue weighted by Gasteiger charge is 2.21. The Balaban J connectivity index is 1.01. The van der Waals surface area contributed by atoms with Crippen LogP contribution in [0.1, 0.15) is 148 Å². The summed E-state index contributed by atoms with van der Waals surface area (Å²) >= 11 is 0. The molecule has 0 N–H and O–H groups in total. The third kappa shape index (κ3) is 13.2. The summed E-state index contributed by atoms with van der Waals surface area (Å²) in [7, 11) is 0. The molecular formula is C83H88N2. The number of aromatic nitrogens is 1. The Morgan fingerprint density at radius 2 is 0.753 bits per heavy atom. The minimum absolute atomic E-state index is 0.0609. The molecule has 0 bridgehead atoms. The van der Waals surface area contributed by atoms with Crippen LogP contribution in [0, 0.1) is 0 Å². The van der Waals surface area contributed by atoms with Crippen molar-refractivity contribution in [3.8, 4) is 61.3 Å². The summed E-state index contributed by atoms with van der Waals surface area (Å²) in [6.07, 6.45) is 14.1. The topological polar surface area (TPSA) is 8.17 Å². The molecule has 0 aliphatic heterocycles.